The Hall–Kier alpha value is -1.31. The molecule has 0 saturated heterocycles. The van der Waals surface area contributed by atoms with Gasteiger partial charge in [0.1, 0.15) is 0 Å². The molecule has 0 fully saturated rings. The van der Waals surface area contributed by atoms with Crippen LogP contribution in [0.25, 0.3) is 0 Å². The van der Waals surface area contributed by atoms with Crippen LogP contribution in [0.15, 0.2) is 91.0 Å². The molecule has 0 unspecified atom stereocenters. The van der Waals surface area contributed by atoms with Gasteiger partial charge < -0.3 is 10.2 Å². The van der Waals surface area contributed by atoms with Crippen molar-refractivity contribution >= 4 is 65.3 Å². The Kier molecular flexibility index (Phi) is 18.1. The third kappa shape index (κ3) is 13.5. The van der Waals surface area contributed by atoms with Crippen LogP contribution in [-0.2, 0) is 30.0 Å². The van der Waals surface area contributed by atoms with Gasteiger partial charge in [-0.1, -0.05) is 91.0 Å². The molecule has 3 aromatic carbocycles. The zero-order valence-corrected chi connectivity index (χ0v) is 18.1. The summed E-state index contributed by atoms with van der Waals surface area (Å²) in [6, 6.07) is 32.3. The second-order valence-corrected chi connectivity index (χ2v) is 7.60. The third-order valence-electron chi connectivity index (χ3n) is 3.04. The molecule has 0 saturated carbocycles. The van der Waals surface area contributed by atoms with E-state index in [1.807, 2.05) is 0 Å². The first-order valence-corrected chi connectivity index (χ1v) is 9.60. The Bertz CT molecular complexity index is 710. The molecule has 0 bridgehead atoms. The Morgan fingerprint density at radius 2 is 0.793 bits per heavy atom. The normalized spacial score (nSPS) is 8.66. The summed E-state index contributed by atoms with van der Waals surface area (Å²) >= 11 is 0. The van der Waals surface area contributed by atoms with E-state index >= 15 is 0 Å². The van der Waals surface area contributed by atoms with Crippen molar-refractivity contribution in [2.24, 2.45) is 0 Å². The topological polar surface area (TPSA) is 74.6 Å². The molecule has 4 nitrogen and oxygen atoms in total. The standard InChI is InChI=1S/C18H15P.2C2H4O2.Na.Pd.H/c1-4-10-16(11-5-1)19(17-12-6-2-7-13-17)18-14-8-3-9-15-18;2*1-2(3)4;;;/h1-15H;2*1H3,(H,3,4);;;/p+1. The van der Waals surface area contributed by atoms with E-state index in [4.69, 9.17) is 19.8 Å². The van der Waals surface area contributed by atoms with Crippen LogP contribution in [0.2, 0.25) is 0 Å². The monoisotopic (exact) mass is 513 g/mol. The van der Waals surface area contributed by atoms with E-state index in [-0.39, 0.29) is 51.4 Å². The van der Waals surface area contributed by atoms with E-state index in [1.54, 1.807) is 0 Å². The van der Waals surface area contributed by atoms with Gasteiger partial charge in [0.25, 0.3) is 11.9 Å². The molecular weight excluding hydrogens is 489 g/mol. The zero-order chi connectivity index (χ0) is 20.1. The minimum absolute atomic E-state index is 0. The van der Waals surface area contributed by atoms with E-state index in [2.05, 4.69) is 91.0 Å². The van der Waals surface area contributed by atoms with E-state index in [0.29, 0.717) is 0 Å². The Balaban J connectivity index is -0.000000578. The molecular formula is C22H25NaO4PPd+. The zero-order valence-electron chi connectivity index (χ0n) is 16.6. The molecule has 152 valence electrons. The number of hydrogen-bond acceptors (Lipinski definition) is 2. The van der Waals surface area contributed by atoms with Gasteiger partial charge in [-0.2, -0.15) is 0 Å². The number of rotatable bonds is 3. The summed E-state index contributed by atoms with van der Waals surface area (Å²) in [5, 5.41) is 19.0. The van der Waals surface area contributed by atoms with E-state index in [0.717, 1.165) is 13.8 Å². The molecule has 7 heteroatoms. The van der Waals surface area contributed by atoms with Crippen molar-refractivity contribution in [2.75, 3.05) is 0 Å². The first-order chi connectivity index (χ1) is 12.9. The maximum atomic E-state index is 9.00. The molecule has 29 heavy (non-hydrogen) atoms. The summed E-state index contributed by atoms with van der Waals surface area (Å²) in [5.74, 6) is -1.67. The van der Waals surface area contributed by atoms with Gasteiger partial charge in [0.05, 0.1) is 0 Å². The molecule has 0 aliphatic carbocycles. The Morgan fingerprint density at radius 3 is 0.966 bits per heavy atom. The maximum absolute atomic E-state index is 9.00. The van der Waals surface area contributed by atoms with Crippen LogP contribution in [0.1, 0.15) is 15.3 Å². The number of hydrogen-bond donors (Lipinski definition) is 2. The number of carboxylic acids is 2. The fourth-order valence-corrected chi connectivity index (χ4v) is 4.48. The van der Waals surface area contributed by atoms with Gasteiger partial charge in [0, 0.05) is 34.3 Å². The fraction of sp³-hybridized carbons (Fsp3) is 0.0909. The van der Waals surface area contributed by atoms with Gasteiger partial charge >= 0.3 is 31.0 Å². The van der Waals surface area contributed by atoms with Crippen molar-refractivity contribution in [3.63, 3.8) is 0 Å². The van der Waals surface area contributed by atoms with Crippen LogP contribution >= 0.6 is 7.92 Å². The van der Waals surface area contributed by atoms with Gasteiger partial charge in [-0.25, -0.2) is 0 Å². The SMILES string of the molecule is CC(=O)O.CC(=O)O.[H+].[NaH].[Pd].c1ccc(P(c2ccccc2)c2ccccc2)cc1. The van der Waals surface area contributed by atoms with Gasteiger partial charge in [0.2, 0.25) is 0 Å². The minimum Gasteiger partial charge on any atom is -0.0622 e. The van der Waals surface area contributed by atoms with E-state index in [9.17, 15) is 0 Å². The van der Waals surface area contributed by atoms with Crippen LogP contribution in [0.3, 0.4) is 0 Å². The van der Waals surface area contributed by atoms with Gasteiger partial charge in [-0.3, -0.25) is 9.59 Å². The average Bonchev–Trinajstić information content (AvgIpc) is 2.64. The van der Waals surface area contributed by atoms with E-state index < -0.39 is 19.9 Å². The molecule has 3 rings (SSSR count). The fourth-order valence-electron chi connectivity index (χ4n) is 2.18. The molecule has 3 aromatic rings. The van der Waals surface area contributed by atoms with Crippen molar-refractivity contribution < 1.29 is 41.7 Å². The summed E-state index contributed by atoms with van der Waals surface area (Å²) in [7, 11) is -0.446. The van der Waals surface area contributed by atoms with Crippen LogP contribution in [0.5, 0.6) is 0 Å². The van der Waals surface area contributed by atoms with Crippen LogP contribution < -0.4 is 15.9 Å². The maximum Gasteiger partial charge on any atom is 0 e. The first kappa shape index (κ1) is 29.9. The first-order valence-electron chi connectivity index (χ1n) is 8.26. The summed E-state index contributed by atoms with van der Waals surface area (Å²) in [6.07, 6.45) is 0. The largest absolute Gasteiger partial charge is 0.0622 e. The molecule has 0 atom stereocenters. The molecule has 0 aliphatic heterocycles. The molecule has 2 N–H and O–H groups in total. The number of carboxylic acid groups (broad SMARTS) is 2. The van der Waals surface area contributed by atoms with E-state index in [1.165, 1.54) is 15.9 Å². The van der Waals surface area contributed by atoms with Crippen LogP contribution in [0, 0.1) is 0 Å². The van der Waals surface area contributed by atoms with Crippen molar-refractivity contribution in [3.05, 3.63) is 91.0 Å². The summed E-state index contributed by atoms with van der Waals surface area (Å²) in [6.45, 7) is 2.17. The summed E-state index contributed by atoms with van der Waals surface area (Å²) < 4.78 is 0. The Morgan fingerprint density at radius 1 is 0.621 bits per heavy atom. The van der Waals surface area contributed by atoms with Crippen molar-refractivity contribution in [1.82, 2.24) is 0 Å². The quantitative estimate of drug-likeness (QED) is 0.417. The predicted molar refractivity (Wildman–Crippen MR) is 120 cm³/mol. The molecule has 0 amide bonds. The number of benzene rings is 3. The van der Waals surface area contributed by atoms with Gasteiger partial charge in [-0.05, 0) is 23.8 Å². The van der Waals surface area contributed by atoms with Crippen molar-refractivity contribution in [2.45, 2.75) is 13.8 Å². The molecule has 0 radical (unpaired) electrons. The minimum atomic E-state index is -0.833. The second kappa shape index (κ2) is 17.5. The average molecular weight is 514 g/mol. The van der Waals surface area contributed by atoms with Crippen LogP contribution in [0.4, 0.5) is 0 Å². The summed E-state index contributed by atoms with van der Waals surface area (Å²) in [5.41, 5.74) is 0. The van der Waals surface area contributed by atoms with Crippen molar-refractivity contribution in [1.29, 1.82) is 0 Å². The van der Waals surface area contributed by atoms with Crippen LogP contribution in [-0.4, -0.2) is 51.7 Å². The van der Waals surface area contributed by atoms with Gasteiger partial charge in [0.15, 0.2) is 0 Å². The third-order valence-corrected chi connectivity index (χ3v) is 5.49. The number of aliphatic carboxylic acids is 2. The smallest absolute Gasteiger partial charge is 0 e. The predicted octanol–water partition coefficient (Wildman–Crippen LogP) is 3.09. The summed E-state index contributed by atoms with van der Waals surface area (Å²) in [4.78, 5) is 18.0. The Labute approximate surface area is 210 Å². The van der Waals surface area contributed by atoms with Crippen molar-refractivity contribution in [3.8, 4) is 0 Å². The molecule has 0 heterocycles. The second-order valence-electron chi connectivity index (χ2n) is 5.38. The molecule has 0 spiro atoms. The molecule has 0 aliphatic rings. The molecule has 0 aromatic heterocycles. The van der Waals surface area contributed by atoms with Gasteiger partial charge in [-0.15, -0.1) is 0 Å². The number of carbonyl (C=O) groups is 2.